The first-order valence-corrected chi connectivity index (χ1v) is 3.82. The number of rotatable bonds is 1. The van der Waals surface area contributed by atoms with E-state index in [0.29, 0.717) is 11.9 Å². The van der Waals surface area contributed by atoms with E-state index in [2.05, 4.69) is 10.3 Å². The minimum Gasteiger partial charge on any atom is -0.384 e. The average molecular weight is 149 g/mol. The quantitative estimate of drug-likeness (QED) is 0.618. The van der Waals surface area contributed by atoms with Crippen LogP contribution in [0, 0.1) is 0 Å². The van der Waals surface area contributed by atoms with Crippen molar-refractivity contribution in [1.29, 1.82) is 0 Å². The Bertz CT molecular complexity index is 255. The SMILES string of the molecule is Nc1cccc(C2CCN2)n1. The Kier molecular flexibility index (Phi) is 1.51. The summed E-state index contributed by atoms with van der Waals surface area (Å²) in [4.78, 5) is 4.21. The summed E-state index contributed by atoms with van der Waals surface area (Å²) in [6, 6.07) is 6.20. The predicted octanol–water partition coefficient (Wildman–Crippen LogP) is 0.698. The van der Waals surface area contributed by atoms with Crippen molar-refractivity contribution < 1.29 is 0 Å². The van der Waals surface area contributed by atoms with Crippen LogP contribution in [0.25, 0.3) is 0 Å². The maximum Gasteiger partial charge on any atom is 0.123 e. The van der Waals surface area contributed by atoms with Crippen molar-refractivity contribution in [3.8, 4) is 0 Å². The zero-order valence-corrected chi connectivity index (χ0v) is 6.25. The molecule has 1 atom stereocenters. The summed E-state index contributed by atoms with van der Waals surface area (Å²) >= 11 is 0. The van der Waals surface area contributed by atoms with Gasteiger partial charge in [-0.15, -0.1) is 0 Å². The maximum atomic E-state index is 5.54. The van der Waals surface area contributed by atoms with Gasteiger partial charge in [0.2, 0.25) is 0 Å². The van der Waals surface area contributed by atoms with Gasteiger partial charge < -0.3 is 11.1 Å². The first-order valence-electron chi connectivity index (χ1n) is 3.82. The fourth-order valence-corrected chi connectivity index (χ4v) is 1.20. The molecule has 3 N–H and O–H groups in total. The molecule has 1 fully saturated rings. The highest BCUT2D eigenvalue weighted by Crippen LogP contribution is 2.20. The van der Waals surface area contributed by atoms with E-state index < -0.39 is 0 Å². The summed E-state index contributed by atoms with van der Waals surface area (Å²) in [5.74, 6) is 0.608. The molecule has 11 heavy (non-hydrogen) atoms. The van der Waals surface area contributed by atoms with E-state index in [1.165, 1.54) is 6.42 Å². The monoisotopic (exact) mass is 149 g/mol. The van der Waals surface area contributed by atoms with E-state index in [9.17, 15) is 0 Å². The van der Waals surface area contributed by atoms with Crippen LogP contribution in [0.15, 0.2) is 18.2 Å². The number of aromatic nitrogens is 1. The number of hydrogen-bond acceptors (Lipinski definition) is 3. The van der Waals surface area contributed by atoms with Gasteiger partial charge in [-0.3, -0.25) is 0 Å². The number of anilines is 1. The number of nitrogens with zero attached hydrogens (tertiary/aromatic N) is 1. The van der Waals surface area contributed by atoms with E-state index in [4.69, 9.17) is 5.73 Å². The van der Waals surface area contributed by atoms with Crippen molar-refractivity contribution in [2.24, 2.45) is 0 Å². The molecule has 0 saturated carbocycles. The zero-order chi connectivity index (χ0) is 7.68. The molecule has 1 aliphatic rings. The van der Waals surface area contributed by atoms with Crippen LogP contribution in [0.1, 0.15) is 18.2 Å². The number of nitrogen functional groups attached to an aromatic ring is 1. The molecule has 1 saturated heterocycles. The lowest BCUT2D eigenvalue weighted by molar-refractivity contribution is 0.375. The summed E-state index contributed by atoms with van der Waals surface area (Å²) in [5.41, 5.74) is 6.60. The Labute approximate surface area is 65.6 Å². The molecule has 1 aliphatic heterocycles. The number of hydrogen-bond donors (Lipinski definition) is 2. The van der Waals surface area contributed by atoms with Gasteiger partial charge in [0.25, 0.3) is 0 Å². The average Bonchev–Trinajstić information content (AvgIpc) is 1.83. The van der Waals surface area contributed by atoms with Crippen molar-refractivity contribution in [3.63, 3.8) is 0 Å². The molecule has 3 heteroatoms. The van der Waals surface area contributed by atoms with Crippen LogP contribution in [0.3, 0.4) is 0 Å². The first-order chi connectivity index (χ1) is 5.36. The van der Waals surface area contributed by atoms with Gasteiger partial charge in [-0.1, -0.05) is 6.07 Å². The Hall–Kier alpha value is -1.09. The second kappa shape index (κ2) is 2.51. The van der Waals surface area contributed by atoms with E-state index in [-0.39, 0.29) is 0 Å². The zero-order valence-electron chi connectivity index (χ0n) is 6.25. The lowest BCUT2D eigenvalue weighted by Gasteiger charge is -2.26. The molecule has 0 spiro atoms. The molecule has 1 unspecified atom stereocenters. The second-order valence-corrected chi connectivity index (χ2v) is 2.78. The Morgan fingerprint density at radius 2 is 2.36 bits per heavy atom. The molecular formula is C8H11N3. The van der Waals surface area contributed by atoms with E-state index >= 15 is 0 Å². The Balaban J connectivity index is 2.23. The van der Waals surface area contributed by atoms with Gasteiger partial charge in [-0.25, -0.2) is 4.98 Å². The minimum atomic E-state index is 0.443. The summed E-state index contributed by atoms with van der Waals surface area (Å²) in [6.07, 6.45) is 1.18. The predicted molar refractivity (Wildman–Crippen MR) is 44.0 cm³/mol. The molecular weight excluding hydrogens is 138 g/mol. The first kappa shape index (κ1) is 6.61. The van der Waals surface area contributed by atoms with Gasteiger partial charge in [-0.2, -0.15) is 0 Å². The van der Waals surface area contributed by atoms with Gasteiger partial charge in [0.05, 0.1) is 11.7 Å². The van der Waals surface area contributed by atoms with Gasteiger partial charge in [-0.05, 0) is 25.1 Å². The third-order valence-corrected chi connectivity index (χ3v) is 1.97. The molecule has 2 rings (SSSR count). The summed E-state index contributed by atoms with van der Waals surface area (Å²) in [6.45, 7) is 1.10. The molecule has 0 aliphatic carbocycles. The third-order valence-electron chi connectivity index (χ3n) is 1.97. The largest absolute Gasteiger partial charge is 0.384 e. The number of nitrogens with two attached hydrogens (primary N) is 1. The van der Waals surface area contributed by atoms with Gasteiger partial charge in [0, 0.05) is 0 Å². The molecule has 2 heterocycles. The molecule has 58 valence electrons. The minimum absolute atomic E-state index is 0.443. The summed E-state index contributed by atoms with van der Waals surface area (Å²) < 4.78 is 0. The number of pyridine rings is 1. The summed E-state index contributed by atoms with van der Waals surface area (Å²) in [7, 11) is 0. The fraction of sp³-hybridized carbons (Fsp3) is 0.375. The summed E-state index contributed by atoms with van der Waals surface area (Å²) in [5, 5.41) is 3.27. The highest BCUT2D eigenvalue weighted by atomic mass is 15.0. The standard InChI is InChI=1S/C8H11N3/c9-8-3-1-2-7(11-8)6-4-5-10-6/h1-3,6,10H,4-5H2,(H2,9,11). The molecule has 3 nitrogen and oxygen atoms in total. The molecule has 0 aromatic carbocycles. The fourth-order valence-electron chi connectivity index (χ4n) is 1.20. The highest BCUT2D eigenvalue weighted by Gasteiger charge is 2.19. The van der Waals surface area contributed by atoms with E-state index in [1.54, 1.807) is 0 Å². The van der Waals surface area contributed by atoms with Crippen LogP contribution in [0.5, 0.6) is 0 Å². The molecule has 0 radical (unpaired) electrons. The van der Waals surface area contributed by atoms with Crippen molar-refractivity contribution in [2.45, 2.75) is 12.5 Å². The smallest absolute Gasteiger partial charge is 0.123 e. The normalized spacial score (nSPS) is 22.7. The third kappa shape index (κ3) is 1.19. The second-order valence-electron chi connectivity index (χ2n) is 2.78. The van der Waals surface area contributed by atoms with Gasteiger partial charge in [0.15, 0.2) is 0 Å². The number of nitrogens with one attached hydrogen (secondary N) is 1. The molecule has 1 aromatic heterocycles. The molecule has 0 amide bonds. The van der Waals surface area contributed by atoms with Crippen molar-refractivity contribution >= 4 is 5.82 Å². The molecule has 0 bridgehead atoms. The van der Waals surface area contributed by atoms with Crippen LogP contribution in [-0.2, 0) is 0 Å². The van der Waals surface area contributed by atoms with Gasteiger partial charge in [0.1, 0.15) is 5.82 Å². The Morgan fingerprint density at radius 3 is 2.91 bits per heavy atom. The van der Waals surface area contributed by atoms with Crippen molar-refractivity contribution in [1.82, 2.24) is 10.3 Å². The van der Waals surface area contributed by atoms with Crippen LogP contribution < -0.4 is 11.1 Å². The van der Waals surface area contributed by atoms with E-state index in [0.717, 1.165) is 12.2 Å². The topological polar surface area (TPSA) is 50.9 Å². The lowest BCUT2D eigenvalue weighted by atomic mass is 10.0. The van der Waals surface area contributed by atoms with Crippen molar-refractivity contribution in [2.75, 3.05) is 12.3 Å². The van der Waals surface area contributed by atoms with Crippen LogP contribution in [0.4, 0.5) is 5.82 Å². The Morgan fingerprint density at radius 1 is 1.55 bits per heavy atom. The van der Waals surface area contributed by atoms with Crippen LogP contribution >= 0.6 is 0 Å². The maximum absolute atomic E-state index is 5.54. The van der Waals surface area contributed by atoms with Crippen LogP contribution in [0.2, 0.25) is 0 Å². The van der Waals surface area contributed by atoms with E-state index in [1.807, 2.05) is 18.2 Å². The van der Waals surface area contributed by atoms with Gasteiger partial charge >= 0.3 is 0 Å². The van der Waals surface area contributed by atoms with Crippen LogP contribution in [-0.4, -0.2) is 11.5 Å². The highest BCUT2D eigenvalue weighted by molar-refractivity contribution is 5.30. The lowest BCUT2D eigenvalue weighted by Crippen LogP contribution is -2.35. The molecule has 1 aromatic rings. The van der Waals surface area contributed by atoms with Crippen molar-refractivity contribution in [3.05, 3.63) is 23.9 Å².